The van der Waals surface area contributed by atoms with Gasteiger partial charge in [0.05, 0.1) is 6.04 Å². The molecule has 0 aliphatic heterocycles. The lowest BCUT2D eigenvalue weighted by atomic mass is 9.96. The zero-order valence-corrected chi connectivity index (χ0v) is 13.0. The molecule has 1 fully saturated rings. The molecule has 3 nitrogen and oxygen atoms in total. The van der Waals surface area contributed by atoms with Crippen LogP contribution in [0.5, 0.6) is 0 Å². The molecule has 0 aromatic heterocycles. The summed E-state index contributed by atoms with van der Waals surface area (Å²) in [5.74, 6) is 0.852. The first-order valence-corrected chi connectivity index (χ1v) is 8.19. The van der Waals surface area contributed by atoms with Crippen molar-refractivity contribution in [2.24, 2.45) is 5.92 Å². The van der Waals surface area contributed by atoms with E-state index in [0.717, 1.165) is 13.0 Å². The number of carbonyl (C=O) groups excluding carboxylic acids is 1. The summed E-state index contributed by atoms with van der Waals surface area (Å²) in [5, 5.41) is 6.57. The molecule has 0 heterocycles. The number of rotatable bonds is 7. The van der Waals surface area contributed by atoms with E-state index in [4.69, 9.17) is 0 Å². The van der Waals surface area contributed by atoms with Crippen molar-refractivity contribution in [1.29, 1.82) is 0 Å². The van der Waals surface area contributed by atoms with Gasteiger partial charge in [-0.25, -0.2) is 0 Å². The third-order valence-electron chi connectivity index (χ3n) is 4.30. The van der Waals surface area contributed by atoms with Gasteiger partial charge in [0.15, 0.2) is 0 Å². The normalized spacial score (nSPS) is 25.6. The summed E-state index contributed by atoms with van der Waals surface area (Å²) < 4.78 is 0. The van der Waals surface area contributed by atoms with E-state index in [0.29, 0.717) is 12.0 Å². The van der Waals surface area contributed by atoms with Gasteiger partial charge in [-0.15, -0.1) is 0 Å². The van der Waals surface area contributed by atoms with Crippen LogP contribution in [0.3, 0.4) is 0 Å². The van der Waals surface area contributed by atoms with E-state index in [9.17, 15) is 4.79 Å². The second-order valence-electron chi connectivity index (χ2n) is 6.11. The van der Waals surface area contributed by atoms with E-state index < -0.39 is 0 Å². The Morgan fingerprint density at radius 3 is 2.68 bits per heavy atom. The molecular weight excluding hydrogens is 236 g/mol. The highest BCUT2D eigenvalue weighted by Crippen LogP contribution is 2.23. The Labute approximate surface area is 118 Å². The summed E-state index contributed by atoms with van der Waals surface area (Å²) in [6.45, 7) is 7.31. The molecule has 0 radical (unpaired) electrons. The summed E-state index contributed by atoms with van der Waals surface area (Å²) >= 11 is 0. The maximum atomic E-state index is 12.0. The van der Waals surface area contributed by atoms with E-state index in [2.05, 4.69) is 24.5 Å². The van der Waals surface area contributed by atoms with Gasteiger partial charge in [-0.05, 0) is 32.1 Å². The predicted molar refractivity (Wildman–Crippen MR) is 81.2 cm³/mol. The fraction of sp³-hybridized carbons (Fsp3) is 0.938. The summed E-state index contributed by atoms with van der Waals surface area (Å²) in [4.78, 5) is 12.0. The fourth-order valence-corrected chi connectivity index (χ4v) is 2.88. The molecule has 19 heavy (non-hydrogen) atoms. The van der Waals surface area contributed by atoms with Crippen molar-refractivity contribution in [3.63, 3.8) is 0 Å². The van der Waals surface area contributed by atoms with E-state index >= 15 is 0 Å². The lowest BCUT2D eigenvalue weighted by Crippen LogP contribution is -2.48. The van der Waals surface area contributed by atoms with E-state index in [1.807, 2.05) is 6.92 Å². The molecule has 1 amide bonds. The Morgan fingerprint density at radius 2 is 1.95 bits per heavy atom. The lowest BCUT2D eigenvalue weighted by Gasteiger charge is -2.26. The molecule has 0 aromatic carbocycles. The monoisotopic (exact) mass is 268 g/mol. The van der Waals surface area contributed by atoms with Gasteiger partial charge < -0.3 is 10.6 Å². The predicted octanol–water partition coefficient (Wildman–Crippen LogP) is 3.24. The molecular formula is C16H32N2O. The van der Waals surface area contributed by atoms with Crippen LogP contribution in [0.1, 0.15) is 72.1 Å². The molecule has 3 atom stereocenters. The van der Waals surface area contributed by atoms with Crippen molar-refractivity contribution in [3.05, 3.63) is 0 Å². The first kappa shape index (κ1) is 16.5. The summed E-state index contributed by atoms with van der Waals surface area (Å²) in [6.07, 6.45) is 9.99. The number of hydrogen-bond acceptors (Lipinski definition) is 2. The van der Waals surface area contributed by atoms with E-state index in [-0.39, 0.29) is 11.9 Å². The molecule has 0 bridgehead atoms. The van der Waals surface area contributed by atoms with Crippen molar-refractivity contribution in [2.45, 2.75) is 84.2 Å². The average molecular weight is 268 g/mol. The van der Waals surface area contributed by atoms with Crippen LogP contribution in [0, 0.1) is 5.92 Å². The van der Waals surface area contributed by atoms with Crippen molar-refractivity contribution in [3.8, 4) is 0 Å². The van der Waals surface area contributed by atoms with Crippen molar-refractivity contribution >= 4 is 5.91 Å². The number of hydrogen-bond donors (Lipinski definition) is 2. The molecule has 1 aliphatic rings. The van der Waals surface area contributed by atoms with Gasteiger partial charge in [0, 0.05) is 12.6 Å². The SMILES string of the molecule is CCCCCNC(=O)C(C)NC1CCCCCC1C. The Hall–Kier alpha value is -0.570. The molecule has 0 spiro atoms. The summed E-state index contributed by atoms with van der Waals surface area (Å²) in [5.41, 5.74) is 0. The molecule has 3 heteroatoms. The van der Waals surface area contributed by atoms with Crippen LogP contribution >= 0.6 is 0 Å². The minimum Gasteiger partial charge on any atom is -0.355 e. The second-order valence-corrected chi connectivity index (χ2v) is 6.11. The maximum absolute atomic E-state index is 12.0. The van der Waals surface area contributed by atoms with Crippen molar-refractivity contribution < 1.29 is 4.79 Å². The van der Waals surface area contributed by atoms with Crippen LogP contribution in [-0.2, 0) is 4.79 Å². The maximum Gasteiger partial charge on any atom is 0.236 e. The van der Waals surface area contributed by atoms with E-state index in [1.165, 1.54) is 44.9 Å². The first-order valence-electron chi connectivity index (χ1n) is 8.19. The van der Waals surface area contributed by atoms with Gasteiger partial charge in [-0.2, -0.15) is 0 Å². The third kappa shape index (κ3) is 6.42. The summed E-state index contributed by atoms with van der Waals surface area (Å²) in [6, 6.07) is 0.450. The topological polar surface area (TPSA) is 41.1 Å². The van der Waals surface area contributed by atoms with Crippen LogP contribution < -0.4 is 10.6 Å². The number of nitrogens with one attached hydrogen (secondary N) is 2. The van der Waals surface area contributed by atoms with Crippen LogP contribution in [0.15, 0.2) is 0 Å². The highest BCUT2D eigenvalue weighted by Gasteiger charge is 2.23. The third-order valence-corrected chi connectivity index (χ3v) is 4.30. The molecule has 1 saturated carbocycles. The number of unbranched alkanes of at least 4 members (excludes halogenated alkanes) is 2. The molecule has 2 N–H and O–H groups in total. The van der Waals surface area contributed by atoms with Crippen molar-refractivity contribution in [2.75, 3.05) is 6.54 Å². The first-order chi connectivity index (χ1) is 9.15. The molecule has 0 aromatic rings. The molecule has 0 saturated heterocycles. The fourth-order valence-electron chi connectivity index (χ4n) is 2.88. The lowest BCUT2D eigenvalue weighted by molar-refractivity contribution is -0.123. The van der Waals surface area contributed by atoms with Gasteiger partial charge in [0.1, 0.15) is 0 Å². The Bertz CT molecular complexity index is 255. The number of carbonyl (C=O) groups is 1. The van der Waals surface area contributed by atoms with Crippen LogP contribution in [0.25, 0.3) is 0 Å². The quantitative estimate of drug-likeness (QED) is 0.550. The van der Waals surface area contributed by atoms with Crippen LogP contribution in [0.4, 0.5) is 0 Å². The number of amides is 1. The summed E-state index contributed by atoms with van der Waals surface area (Å²) in [7, 11) is 0. The zero-order valence-electron chi connectivity index (χ0n) is 13.0. The minimum absolute atomic E-state index is 0.0628. The van der Waals surface area contributed by atoms with Crippen molar-refractivity contribution in [1.82, 2.24) is 10.6 Å². The Kier molecular flexibility index (Phi) is 8.11. The Morgan fingerprint density at radius 1 is 1.21 bits per heavy atom. The van der Waals surface area contributed by atoms with Gasteiger partial charge in [0.2, 0.25) is 5.91 Å². The molecule has 3 unspecified atom stereocenters. The largest absolute Gasteiger partial charge is 0.355 e. The van der Waals surface area contributed by atoms with E-state index in [1.54, 1.807) is 0 Å². The molecule has 112 valence electrons. The van der Waals surface area contributed by atoms with Gasteiger partial charge >= 0.3 is 0 Å². The highest BCUT2D eigenvalue weighted by atomic mass is 16.2. The van der Waals surface area contributed by atoms with Gasteiger partial charge in [-0.1, -0.05) is 46.0 Å². The average Bonchev–Trinajstić information content (AvgIpc) is 2.60. The van der Waals surface area contributed by atoms with Crippen LogP contribution in [0.2, 0.25) is 0 Å². The molecule has 1 aliphatic carbocycles. The smallest absolute Gasteiger partial charge is 0.236 e. The zero-order chi connectivity index (χ0) is 14.1. The standard InChI is InChI=1S/C16H32N2O/c1-4-5-9-12-17-16(19)14(3)18-15-11-8-6-7-10-13(15)2/h13-15,18H,4-12H2,1-3H3,(H,17,19). The second kappa shape index (κ2) is 9.35. The van der Waals surface area contributed by atoms with Gasteiger partial charge in [-0.3, -0.25) is 4.79 Å². The minimum atomic E-state index is -0.0628. The highest BCUT2D eigenvalue weighted by molar-refractivity contribution is 5.81. The molecule has 1 rings (SSSR count). The van der Waals surface area contributed by atoms with Crippen LogP contribution in [-0.4, -0.2) is 24.5 Å². The Balaban J connectivity index is 2.27. The van der Waals surface area contributed by atoms with Gasteiger partial charge in [0.25, 0.3) is 0 Å².